The Morgan fingerprint density at radius 1 is 1.53 bits per heavy atom. The van der Waals surface area contributed by atoms with Crippen LogP contribution >= 0.6 is 27.3 Å². The number of carbonyl (C=O) groups excluding carboxylic acids is 1. The molecule has 2 unspecified atom stereocenters. The Morgan fingerprint density at radius 3 is 2.65 bits per heavy atom. The molecule has 5 heteroatoms. The van der Waals surface area contributed by atoms with E-state index in [9.17, 15) is 4.79 Å². The first-order valence-corrected chi connectivity index (χ1v) is 7.33. The number of rotatable bonds is 5. The summed E-state index contributed by atoms with van der Waals surface area (Å²) in [7, 11) is 1.83. The molecule has 1 amide bonds. The highest BCUT2D eigenvalue weighted by atomic mass is 79.9. The van der Waals surface area contributed by atoms with Gasteiger partial charge >= 0.3 is 0 Å². The number of likely N-dealkylation sites (N-methyl/N-ethyl adjacent to an activating group) is 1. The molecule has 17 heavy (non-hydrogen) atoms. The van der Waals surface area contributed by atoms with E-state index in [1.165, 1.54) is 4.88 Å². The van der Waals surface area contributed by atoms with Crippen molar-refractivity contribution < 1.29 is 4.79 Å². The maximum atomic E-state index is 11.9. The van der Waals surface area contributed by atoms with Crippen LogP contribution in [0.1, 0.15) is 31.7 Å². The number of halogens is 1. The number of carbonyl (C=O) groups is 1. The Balaban J connectivity index is 2.56. The molecule has 0 radical (unpaired) electrons. The van der Waals surface area contributed by atoms with Crippen LogP contribution in [-0.4, -0.2) is 30.4 Å². The molecule has 0 saturated heterocycles. The van der Waals surface area contributed by atoms with Crippen LogP contribution in [0.5, 0.6) is 0 Å². The summed E-state index contributed by atoms with van der Waals surface area (Å²) in [6.45, 7) is 6.70. The summed E-state index contributed by atoms with van der Waals surface area (Å²) in [6, 6.07) is 4.14. The van der Waals surface area contributed by atoms with Gasteiger partial charge in [0.1, 0.15) is 0 Å². The molecule has 0 fully saturated rings. The van der Waals surface area contributed by atoms with Crippen molar-refractivity contribution in [3.05, 3.63) is 20.8 Å². The Morgan fingerprint density at radius 2 is 2.18 bits per heavy atom. The van der Waals surface area contributed by atoms with Crippen LogP contribution in [0.25, 0.3) is 0 Å². The lowest BCUT2D eigenvalue weighted by molar-refractivity contribution is -0.131. The summed E-state index contributed by atoms with van der Waals surface area (Å²) < 4.78 is 1.12. The lowest BCUT2D eigenvalue weighted by atomic mass is 10.2. The minimum atomic E-state index is -0.157. The third kappa shape index (κ3) is 4.08. The number of hydrogen-bond acceptors (Lipinski definition) is 3. The molecule has 0 aliphatic rings. The van der Waals surface area contributed by atoms with Gasteiger partial charge in [-0.05, 0) is 48.8 Å². The first-order valence-electron chi connectivity index (χ1n) is 5.72. The zero-order valence-corrected chi connectivity index (χ0v) is 13.1. The molecular weight excluding hydrogens is 300 g/mol. The number of amides is 1. The summed E-state index contributed by atoms with van der Waals surface area (Å²) in [5.41, 5.74) is 0. The Kier molecular flexibility index (Phi) is 5.62. The van der Waals surface area contributed by atoms with E-state index in [-0.39, 0.29) is 18.0 Å². The number of thiophene rings is 1. The topological polar surface area (TPSA) is 32.3 Å². The molecule has 1 aromatic heterocycles. The SMILES string of the molecule is CCN(C)C(=O)C(C)NC(C)c1ccc(Br)s1. The second-order valence-electron chi connectivity index (χ2n) is 4.10. The van der Waals surface area contributed by atoms with Crippen molar-refractivity contribution in [1.82, 2.24) is 10.2 Å². The van der Waals surface area contributed by atoms with E-state index < -0.39 is 0 Å². The lowest BCUT2D eigenvalue weighted by Gasteiger charge is -2.23. The Bertz CT molecular complexity index is 380. The summed E-state index contributed by atoms with van der Waals surface area (Å²) in [5.74, 6) is 0.134. The van der Waals surface area contributed by atoms with Gasteiger partial charge in [-0.15, -0.1) is 11.3 Å². The Hall–Kier alpha value is -0.390. The molecule has 0 aliphatic carbocycles. The fraction of sp³-hybridized carbons (Fsp3) is 0.583. The van der Waals surface area contributed by atoms with Gasteiger partial charge in [-0.3, -0.25) is 10.1 Å². The monoisotopic (exact) mass is 318 g/mol. The van der Waals surface area contributed by atoms with E-state index in [0.29, 0.717) is 0 Å². The standard InChI is InChI=1S/C12H19BrN2OS/c1-5-15(4)12(16)9(3)14-8(2)10-6-7-11(13)17-10/h6-9,14H,5H2,1-4H3. The second kappa shape index (κ2) is 6.52. The molecule has 0 saturated carbocycles. The third-order valence-electron chi connectivity index (χ3n) is 2.74. The lowest BCUT2D eigenvalue weighted by Crippen LogP contribution is -2.43. The van der Waals surface area contributed by atoms with Crippen LogP contribution in [0.15, 0.2) is 15.9 Å². The maximum absolute atomic E-state index is 11.9. The number of nitrogens with zero attached hydrogens (tertiary/aromatic N) is 1. The molecule has 2 atom stereocenters. The average molecular weight is 319 g/mol. The van der Waals surface area contributed by atoms with Crippen molar-refractivity contribution in [3.8, 4) is 0 Å². The van der Waals surface area contributed by atoms with Gasteiger partial charge in [0.15, 0.2) is 0 Å². The summed E-state index contributed by atoms with van der Waals surface area (Å²) in [4.78, 5) is 14.9. The van der Waals surface area contributed by atoms with Crippen LogP contribution in [0.2, 0.25) is 0 Å². The highest BCUT2D eigenvalue weighted by Crippen LogP contribution is 2.27. The van der Waals surface area contributed by atoms with E-state index in [0.717, 1.165) is 10.3 Å². The highest BCUT2D eigenvalue weighted by Gasteiger charge is 2.19. The molecule has 1 heterocycles. The van der Waals surface area contributed by atoms with Crippen LogP contribution < -0.4 is 5.32 Å². The minimum Gasteiger partial charge on any atom is -0.345 e. The smallest absolute Gasteiger partial charge is 0.239 e. The van der Waals surface area contributed by atoms with Gasteiger partial charge < -0.3 is 4.90 Å². The van der Waals surface area contributed by atoms with Crippen LogP contribution in [-0.2, 0) is 4.79 Å². The average Bonchev–Trinajstić information content (AvgIpc) is 2.73. The third-order valence-corrected chi connectivity index (χ3v) is 4.55. The van der Waals surface area contributed by atoms with Crippen LogP contribution in [0.3, 0.4) is 0 Å². The molecule has 3 nitrogen and oxygen atoms in total. The highest BCUT2D eigenvalue weighted by molar-refractivity contribution is 9.11. The van der Waals surface area contributed by atoms with Gasteiger partial charge in [0.2, 0.25) is 5.91 Å². The molecule has 96 valence electrons. The van der Waals surface area contributed by atoms with Gasteiger partial charge in [0, 0.05) is 24.5 Å². The van der Waals surface area contributed by atoms with Gasteiger partial charge in [-0.1, -0.05) is 0 Å². The summed E-state index contributed by atoms with van der Waals surface area (Å²) >= 11 is 5.14. The molecule has 1 rings (SSSR count). The predicted octanol–water partition coefficient (Wildman–Crippen LogP) is 3.03. The quantitative estimate of drug-likeness (QED) is 0.905. The number of hydrogen-bond donors (Lipinski definition) is 1. The van der Waals surface area contributed by atoms with Crippen molar-refractivity contribution in [2.75, 3.05) is 13.6 Å². The predicted molar refractivity (Wildman–Crippen MR) is 76.3 cm³/mol. The van der Waals surface area contributed by atoms with Gasteiger partial charge in [0.25, 0.3) is 0 Å². The zero-order valence-electron chi connectivity index (χ0n) is 10.7. The van der Waals surface area contributed by atoms with Gasteiger partial charge in [-0.2, -0.15) is 0 Å². The van der Waals surface area contributed by atoms with Crippen molar-refractivity contribution >= 4 is 33.2 Å². The van der Waals surface area contributed by atoms with E-state index in [4.69, 9.17) is 0 Å². The molecule has 0 aliphatic heterocycles. The molecule has 1 N–H and O–H groups in total. The number of nitrogens with one attached hydrogen (secondary N) is 1. The summed E-state index contributed by atoms with van der Waals surface area (Å²) in [5, 5.41) is 3.32. The zero-order chi connectivity index (χ0) is 13.0. The minimum absolute atomic E-state index is 0.134. The van der Waals surface area contributed by atoms with Crippen molar-refractivity contribution in [2.24, 2.45) is 0 Å². The molecule has 0 bridgehead atoms. The summed E-state index contributed by atoms with van der Waals surface area (Å²) in [6.07, 6.45) is 0. The fourth-order valence-corrected chi connectivity index (χ4v) is 3.01. The second-order valence-corrected chi connectivity index (χ2v) is 6.60. The molecule has 0 spiro atoms. The fourth-order valence-electron chi connectivity index (χ4n) is 1.58. The van der Waals surface area contributed by atoms with E-state index in [1.54, 1.807) is 16.2 Å². The van der Waals surface area contributed by atoms with Crippen molar-refractivity contribution in [2.45, 2.75) is 32.9 Å². The van der Waals surface area contributed by atoms with Crippen molar-refractivity contribution in [3.63, 3.8) is 0 Å². The van der Waals surface area contributed by atoms with Crippen LogP contribution in [0.4, 0.5) is 0 Å². The Labute approximate surface area is 115 Å². The largest absolute Gasteiger partial charge is 0.345 e. The van der Waals surface area contributed by atoms with Crippen LogP contribution in [0, 0.1) is 0 Å². The van der Waals surface area contributed by atoms with Gasteiger partial charge in [0.05, 0.1) is 9.83 Å². The van der Waals surface area contributed by atoms with Gasteiger partial charge in [-0.25, -0.2) is 0 Å². The normalized spacial score (nSPS) is 14.4. The maximum Gasteiger partial charge on any atom is 0.239 e. The molecule has 1 aromatic rings. The van der Waals surface area contributed by atoms with E-state index in [2.05, 4.69) is 34.2 Å². The van der Waals surface area contributed by atoms with Crippen molar-refractivity contribution in [1.29, 1.82) is 0 Å². The first-order chi connectivity index (χ1) is 7.95. The van der Waals surface area contributed by atoms with E-state index >= 15 is 0 Å². The molecular formula is C12H19BrN2OS. The van der Waals surface area contributed by atoms with E-state index in [1.807, 2.05) is 27.0 Å². The first kappa shape index (κ1) is 14.7. The molecule has 0 aromatic carbocycles.